The van der Waals surface area contributed by atoms with Crippen molar-refractivity contribution in [3.63, 3.8) is 0 Å². The van der Waals surface area contributed by atoms with Gasteiger partial charge in [-0.2, -0.15) is 0 Å². The predicted molar refractivity (Wildman–Crippen MR) is 71.7 cm³/mol. The molecule has 2 heterocycles. The fourth-order valence-electron chi connectivity index (χ4n) is 1.37. The highest BCUT2D eigenvalue weighted by molar-refractivity contribution is 9.12. The Labute approximate surface area is 107 Å². The molecule has 1 aromatic rings. The summed E-state index contributed by atoms with van der Waals surface area (Å²) in [6, 6.07) is 5.43. The summed E-state index contributed by atoms with van der Waals surface area (Å²) >= 11 is 3.28. The van der Waals surface area contributed by atoms with Gasteiger partial charge in [0.2, 0.25) is 0 Å². The van der Waals surface area contributed by atoms with Gasteiger partial charge in [0.25, 0.3) is 0 Å². The molecule has 1 aromatic heterocycles. The molecule has 0 unspecified atom stereocenters. The Hall–Kier alpha value is -1.95. The number of aliphatic imine (C=N–C) groups is 1. The zero-order valence-electron chi connectivity index (χ0n) is 8.81. The predicted octanol–water partition coefficient (Wildman–Crippen LogP) is 1.60. The van der Waals surface area contributed by atoms with Crippen molar-refractivity contribution in [1.29, 1.82) is 5.41 Å². The first-order valence-electron chi connectivity index (χ1n) is 4.85. The Bertz CT molecular complexity index is 530. The largest absolute Gasteiger partial charge is 0.384 e. The number of nitrogens with two attached hydrogens (primary N) is 1. The van der Waals surface area contributed by atoms with Crippen LogP contribution in [0.3, 0.4) is 0 Å². The molecule has 0 spiro atoms. The second-order valence-corrected chi connectivity index (χ2v) is 4.20. The lowest BCUT2D eigenvalue weighted by Gasteiger charge is -2.12. The van der Waals surface area contributed by atoms with Crippen LogP contribution in [0.4, 0.5) is 0 Å². The van der Waals surface area contributed by atoms with Crippen LogP contribution in [-0.4, -0.2) is 17.0 Å². The molecule has 0 amide bonds. The van der Waals surface area contributed by atoms with Crippen LogP contribution in [0, 0.1) is 5.41 Å². The molecule has 0 saturated carbocycles. The Morgan fingerprint density at radius 3 is 2.76 bits per heavy atom. The van der Waals surface area contributed by atoms with Crippen molar-refractivity contribution < 1.29 is 0 Å². The maximum absolute atomic E-state index is 7.61. The number of aromatic nitrogens is 1. The normalized spacial score (nSPS) is 17.1. The Kier molecular flexibility index (Phi) is 3.34. The molecule has 5 nitrogen and oxygen atoms in total. The lowest BCUT2D eigenvalue weighted by molar-refractivity contribution is 1.02. The first-order valence-corrected chi connectivity index (χ1v) is 5.64. The number of hydrogen-bond donors (Lipinski definition) is 3. The summed E-state index contributed by atoms with van der Waals surface area (Å²) in [5.74, 6) is 0.439. The van der Waals surface area contributed by atoms with E-state index in [1.165, 1.54) is 0 Å². The van der Waals surface area contributed by atoms with E-state index in [9.17, 15) is 0 Å². The van der Waals surface area contributed by atoms with Crippen molar-refractivity contribution in [3.05, 3.63) is 46.6 Å². The summed E-state index contributed by atoms with van der Waals surface area (Å²) < 4.78 is 0.824. The molecule has 86 valence electrons. The van der Waals surface area contributed by atoms with E-state index in [0.717, 1.165) is 4.48 Å². The molecule has 17 heavy (non-hydrogen) atoms. The van der Waals surface area contributed by atoms with Gasteiger partial charge in [-0.05, 0) is 28.1 Å². The van der Waals surface area contributed by atoms with Gasteiger partial charge in [-0.25, -0.2) is 4.99 Å². The number of halogens is 1. The smallest absolute Gasteiger partial charge is 0.143 e. The molecule has 0 saturated heterocycles. The number of nitrogens with zero attached hydrogens (tertiary/aromatic N) is 2. The molecule has 2 rings (SSSR count). The van der Waals surface area contributed by atoms with E-state index in [2.05, 4.69) is 31.2 Å². The minimum Gasteiger partial charge on any atom is -0.384 e. The van der Waals surface area contributed by atoms with Crippen LogP contribution in [-0.2, 0) is 0 Å². The lowest BCUT2D eigenvalue weighted by Crippen LogP contribution is -2.20. The molecule has 0 radical (unpaired) electrons. The van der Waals surface area contributed by atoms with Crippen LogP contribution >= 0.6 is 15.9 Å². The summed E-state index contributed by atoms with van der Waals surface area (Å²) in [7, 11) is 0. The van der Waals surface area contributed by atoms with Crippen LogP contribution in [0.5, 0.6) is 0 Å². The summed E-state index contributed by atoms with van der Waals surface area (Å²) in [5, 5.41) is 10.6. The van der Waals surface area contributed by atoms with Crippen molar-refractivity contribution in [2.24, 2.45) is 10.7 Å². The van der Waals surface area contributed by atoms with E-state index < -0.39 is 0 Å². The third-order valence-electron chi connectivity index (χ3n) is 2.09. The van der Waals surface area contributed by atoms with E-state index >= 15 is 0 Å². The van der Waals surface area contributed by atoms with Crippen molar-refractivity contribution in [2.75, 3.05) is 0 Å². The van der Waals surface area contributed by atoms with Crippen molar-refractivity contribution in [3.8, 4) is 0 Å². The van der Waals surface area contributed by atoms with Gasteiger partial charge in [-0.15, -0.1) is 0 Å². The van der Waals surface area contributed by atoms with E-state index in [4.69, 9.17) is 11.1 Å². The van der Waals surface area contributed by atoms with Crippen LogP contribution < -0.4 is 11.1 Å². The van der Waals surface area contributed by atoms with Gasteiger partial charge in [-0.1, -0.05) is 6.07 Å². The van der Waals surface area contributed by atoms with E-state index in [-0.39, 0.29) is 5.84 Å². The minimum absolute atomic E-state index is 0.0743. The van der Waals surface area contributed by atoms with Crippen molar-refractivity contribution >= 4 is 33.6 Å². The Morgan fingerprint density at radius 1 is 1.41 bits per heavy atom. The average molecular weight is 292 g/mol. The topological polar surface area (TPSA) is 87.2 Å². The third kappa shape index (κ3) is 2.59. The number of hydrogen-bond acceptors (Lipinski definition) is 4. The van der Waals surface area contributed by atoms with Gasteiger partial charge in [-0.3, -0.25) is 10.4 Å². The minimum atomic E-state index is -0.0743. The summed E-state index contributed by atoms with van der Waals surface area (Å²) in [6.45, 7) is 0. The van der Waals surface area contributed by atoms with Crippen LogP contribution in [0.25, 0.3) is 5.57 Å². The molecule has 1 aliphatic heterocycles. The highest BCUT2D eigenvalue weighted by Gasteiger charge is 2.14. The summed E-state index contributed by atoms with van der Waals surface area (Å²) in [5.41, 5.74) is 6.67. The van der Waals surface area contributed by atoms with E-state index in [1.54, 1.807) is 30.7 Å². The Morgan fingerprint density at radius 2 is 2.24 bits per heavy atom. The standard InChI is InChI=1S/C11H10BrN5/c12-7-5-16-11(17-6-7)9(10(13)14)8-3-1-2-4-15-8/h1-6,16H,(H3,13,14)/b11-9+. The molecule has 0 fully saturated rings. The molecule has 4 N–H and O–H groups in total. The first-order chi connectivity index (χ1) is 8.18. The van der Waals surface area contributed by atoms with Gasteiger partial charge in [0.05, 0.1) is 15.7 Å². The molecule has 0 aromatic carbocycles. The van der Waals surface area contributed by atoms with Crippen molar-refractivity contribution in [1.82, 2.24) is 10.3 Å². The van der Waals surface area contributed by atoms with Crippen LogP contribution in [0.2, 0.25) is 0 Å². The van der Waals surface area contributed by atoms with Gasteiger partial charge >= 0.3 is 0 Å². The van der Waals surface area contributed by atoms with Crippen LogP contribution in [0.15, 0.2) is 45.9 Å². The highest BCUT2D eigenvalue weighted by atomic mass is 79.9. The third-order valence-corrected chi connectivity index (χ3v) is 2.52. The highest BCUT2D eigenvalue weighted by Crippen LogP contribution is 2.18. The zero-order valence-corrected chi connectivity index (χ0v) is 10.4. The SMILES string of the molecule is N=C(N)/C(=C1/N=CC(Br)=CN1)c1ccccn1. The quantitative estimate of drug-likeness (QED) is 0.571. The fourth-order valence-corrected chi connectivity index (χ4v) is 1.59. The number of nitrogens with one attached hydrogen (secondary N) is 2. The molecule has 0 aliphatic carbocycles. The molecule has 6 heteroatoms. The zero-order chi connectivity index (χ0) is 12.3. The second kappa shape index (κ2) is 4.92. The molecule has 1 aliphatic rings. The van der Waals surface area contributed by atoms with Gasteiger partial charge in [0, 0.05) is 18.6 Å². The number of allylic oxidation sites excluding steroid dienone is 1. The molecular weight excluding hydrogens is 282 g/mol. The molecule has 0 atom stereocenters. The Balaban J connectivity index is 2.48. The lowest BCUT2D eigenvalue weighted by atomic mass is 10.1. The molecular formula is C11H10BrN5. The number of amidine groups is 1. The second-order valence-electron chi connectivity index (χ2n) is 3.28. The monoisotopic (exact) mass is 291 g/mol. The first kappa shape index (κ1) is 11.5. The van der Waals surface area contributed by atoms with Gasteiger partial charge in [0.15, 0.2) is 0 Å². The van der Waals surface area contributed by atoms with Gasteiger partial charge < -0.3 is 11.1 Å². The van der Waals surface area contributed by atoms with E-state index in [1.807, 2.05) is 6.07 Å². The molecule has 0 bridgehead atoms. The fraction of sp³-hybridized carbons (Fsp3) is 0. The number of pyridine rings is 1. The maximum Gasteiger partial charge on any atom is 0.143 e. The van der Waals surface area contributed by atoms with Gasteiger partial charge in [0.1, 0.15) is 11.7 Å². The summed E-state index contributed by atoms with van der Waals surface area (Å²) in [4.78, 5) is 8.35. The summed E-state index contributed by atoms with van der Waals surface area (Å²) in [6.07, 6.45) is 5.02. The number of rotatable bonds is 2. The maximum atomic E-state index is 7.61. The van der Waals surface area contributed by atoms with Crippen LogP contribution in [0.1, 0.15) is 5.69 Å². The van der Waals surface area contributed by atoms with Crippen molar-refractivity contribution in [2.45, 2.75) is 0 Å². The van der Waals surface area contributed by atoms with E-state index in [0.29, 0.717) is 17.1 Å². The average Bonchev–Trinajstić information content (AvgIpc) is 2.33.